The lowest BCUT2D eigenvalue weighted by molar-refractivity contribution is -0.134. The van der Waals surface area contributed by atoms with Crippen molar-refractivity contribution in [3.63, 3.8) is 0 Å². The fraction of sp³-hybridized carbons (Fsp3) is 0.214. The molecule has 1 fully saturated rings. The number of carbonyl (C=O) groups is 3. The number of hydrogen-bond donors (Lipinski definition) is 0. The lowest BCUT2D eigenvalue weighted by atomic mass is 9.85. The summed E-state index contributed by atoms with van der Waals surface area (Å²) in [5, 5.41) is 4.19. The van der Waals surface area contributed by atoms with Crippen LogP contribution >= 0.6 is 0 Å². The zero-order chi connectivity index (χ0) is 25.7. The first kappa shape index (κ1) is 24.7. The summed E-state index contributed by atoms with van der Waals surface area (Å²) < 4.78 is 10.3. The average molecular weight is 487 g/mol. The molecule has 1 amide bonds. The van der Waals surface area contributed by atoms with Crippen LogP contribution in [0.15, 0.2) is 84.0 Å². The van der Waals surface area contributed by atoms with Crippen molar-refractivity contribution in [2.24, 2.45) is 11.1 Å². The number of rotatable bonds is 8. The van der Waals surface area contributed by atoms with Crippen LogP contribution < -0.4 is 9.64 Å². The molecular weight excluding hydrogens is 460 g/mol. The lowest BCUT2D eigenvalue weighted by Crippen LogP contribution is -2.31. The second kappa shape index (κ2) is 10.9. The highest BCUT2D eigenvalue weighted by Crippen LogP contribution is 2.41. The molecule has 1 heterocycles. The van der Waals surface area contributed by atoms with Crippen LogP contribution in [-0.4, -0.2) is 44.2 Å². The van der Waals surface area contributed by atoms with Gasteiger partial charge in [-0.1, -0.05) is 35.5 Å². The van der Waals surface area contributed by atoms with Crippen molar-refractivity contribution >= 4 is 29.1 Å². The van der Waals surface area contributed by atoms with E-state index < -0.39 is 29.6 Å². The van der Waals surface area contributed by atoms with Gasteiger partial charge in [0, 0.05) is 11.3 Å². The molecular formula is C28H26N2O6. The highest BCUT2D eigenvalue weighted by molar-refractivity contribution is 6.49. The van der Waals surface area contributed by atoms with Gasteiger partial charge in [-0.25, -0.2) is 4.79 Å². The molecule has 3 aromatic carbocycles. The number of nitrogens with zero attached hydrogens (tertiary/aromatic N) is 2. The van der Waals surface area contributed by atoms with Crippen molar-refractivity contribution < 1.29 is 28.7 Å². The first-order valence-electron chi connectivity index (χ1n) is 11.4. The van der Waals surface area contributed by atoms with Gasteiger partial charge in [-0.15, -0.1) is 0 Å². The largest absolute Gasteiger partial charge is 0.497 e. The van der Waals surface area contributed by atoms with Gasteiger partial charge in [-0.05, 0) is 61.0 Å². The highest BCUT2D eigenvalue weighted by Gasteiger charge is 2.51. The standard InChI is InChI=1S/C28H26N2O6/c1-4-36-28(33)20-10-14-21(15-11-20)30-25(19-8-6-5-7-9-19)23(26(31)27(30)32)24(29-35-3)18-12-16-22(34-2)17-13-18/h5-17,23,25H,4H2,1-3H3. The van der Waals surface area contributed by atoms with Gasteiger partial charge in [0.1, 0.15) is 18.6 Å². The fourth-order valence-electron chi connectivity index (χ4n) is 4.34. The van der Waals surface area contributed by atoms with Crippen molar-refractivity contribution in [2.45, 2.75) is 13.0 Å². The van der Waals surface area contributed by atoms with Crippen molar-refractivity contribution in [3.8, 4) is 5.75 Å². The average Bonchev–Trinajstić information content (AvgIpc) is 3.18. The molecule has 1 aliphatic rings. The Morgan fingerprint density at radius 2 is 1.53 bits per heavy atom. The van der Waals surface area contributed by atoms with Crippen molar-refractivity contribution in [1.29, 1.82) is 0 Å². The number of anilines is 1. The van der Waals surface area contributed by atoms with E-state index in [-0.39, 0.29) is 6.61 Å². The van der Waals surface area contributed by atoms with E-state index in [1.54, 1.807) is 62.6 Å². The molecule has 8 nitrogen and oxygen atoms in total. The van der Waals surface area contributed by atoms with Crippen LogP contribution in [0.5, 0.6) is 5.75 Å². The van der Waals surface area contributed by atoms with E-state index in [0.717, 1.165) is 5.56 Å². The number of methoxy groups -OCH3 is 1. The molecule has 2 unspecified atom stereocenters. The summed E-state index contributed by atoms with van der Waals surface area (Å²) in [6, 6.07) is 22.1. The summed E-state index contributed by atoms with van der Waals surface area (Å²) in [6.07, 6.45) is 0. The van der Waals surface area contributed by atoms with E-state index in [1.807, 2.05) is 30.3 Å². The van der Waals surface area contributed by atoms with Crippen LogP contribution in [0.1, 0.15) is 34.5 Å². The van der Waals surface area contributed by atoms with Gasteiger partial charge in [-0.2, -0.15) is 0 Å². The van der Waals surface area contributed by atoms with Crippen molar-refractivity contribution in [3.05, 3.63) is 95.6 Å². The zero-order valence-electron chi connectivity index (χ0n) is 20.2. The van der Waals surface area contributed by atoms with Gasteiger partial charge in [-0.3, -0.25) is 14.5 Å². The second-order valence-electron chi connectivity index (χ2n) is 8.03. The quantitative estimate of drug-likeness (QED) is 0.205. The number of Topliss-reactive ketones (excluding diaryl/α,β-unsaturated/α-hetero) is 1. The lowest BCUT2D eigenvalue weighted by Gasteiger charge is -2.28. The molecule has 1 aliphatic heterocycles. The monoisotopic (exact) mass is 486 g/mol. The second-order valence-corrected chi connectivity index (χ2v) is 8.03. The SMILES string of the molecule is CCOC(=O)c1ccc(N2C(=O)C(=O)C(C(=NOC)c3ccc(OC)cc3)C2c2ccccc2)cc1. The zero-order valence-corrected chi connectivity index (χ0v) is 20.2. The minimum absolute atomic E-state index is 0.254. The predicted octanol–water partition coefficient (Wildman–Crippen LogP) is 4.20. The topological polar surface area (TPSA) is 94.5 Å². The summed E-state index contributed by atoms with van der Waals surface area (Å²) in [4.78, 5) is 45.6. The van der Waals surface area contributed by atoms with Crippen LogP contribution in [0.4, 0.5) is 5.69 Å². The summed E-state index contributed by atoms with van der Waals surface area (Å²) in [6.45, 7) is 1.98. The number of amides is 1. The first-order chi connectivity index (χ1) is 17.5. The Labute approximate surface area is 209 Å². The maximum Gasteiger partial charge on any atom is 0.338 e. The number of carbonyl (C=O) groups excluding carboxylic acids is 3. The Morgan fingerprint density at radius 1 is 0.889 bits per heavy atom. The Hall–Kier alpha value is -4.46. The van der Waals surface area contributed by atoms with Gasteiger partial charge >= 0.3 is 5.97 Å². The summed E-state index contributed by atoms with van der Waals surface area (Å²) in [5.41, 5.74) is 2.55. The van der Waals surface area contributed by atoms with Crippen LogP contribution in [0.25, 0.3) is 0 Å². The van der Waals surface area contributed by atoms with E-state index in [4.69, 9.17) is 14.3 Å². The van der Waals surface area contributed by atoms with Crippen LogP contribution in [0, 0.1) is 5.92 Å². The van der Waals surface area contributed by atoms with Crippen LogP contribution in [-0.2, 0) is 19.2 Å². The molecule has 0 aromatic heterocycles. The number of benzene rings is 3. The number of ether oxygens (including phenoxy) is 2. The third kappa shape index (κ3) is 4.70. The van der Waals surface area contributed by atoms with Crippen LogP contribution in [0.2, 0.25) is 0 Å². The molecule has 0 aliphatic carbocycles. The molecule has 0 spiro atoms. The molecule has 3 aromatic rings. The molecule has 4 rings (SSSR count). The van der Waals surface area contributed by atoms with Gasteiger partial charge in [0.05, 0.1) is 31.2 Å². The van der Waals surface area contributed by atoms with Crippen molar-refractivity contribution in [2.75, 3.05) is 25.7 Å². The van der Waals surface area contributed by atoms with Gasteiger partial charge in [0.25, 0.3) is 5.91 Å². The normalized spacial score (nSPS) is 17.8. The van der Waals surface area contributed by atoms with Gasteiger partial charge in [0.2, 0.25) is 5.78 Å². The maximum atomic E-state index is 13.5. The smallest absolute Gasteiger partial charge is 0.338 e. The third-order valence-electron chi connectivity index (χ3n) is 5.97. The number of ketones is 1. The minimum atomic E-state index is -0.932. The molecule has 0 N–H and O–H groups in total. The third-order valence-corrected chi connectivity index (χ3v) is 5.97. The van der Waals surface area contributed by atoms with E-state index >= 15 is 0 Å². The Balaban J connectivity index is 1.82. The van der Waals surface area contributed by atoms with Crippen LogP contribution in [0.3, 0.4) is 0 Å². The Bertz CT molecular complexity index is 1270. The van der Waals surface area contributed by atoms with E-state index in [1.165, 1.54) is 12.0 Å². The van der Waals surface area contributed by atoms with E-state index in [2.05, 4.69) is 5.16 Å². The van der Waals surface area contributed by atoms with Gasteiger partial charge < -0.3 is 14.3 Å². The van der Waals surface area contributed by atoms with Crippen molar-refractivity contribution in [1.82, 2.24) is 0 Å². The Morgan fingerprint density at radius 3 is 2.11 bits per heavy atom. The Kier molecular flexibility index (Phi) is 7.44. The number of esters is 1. The summed E-state index contributed by atoms with van der Waals surface area (Å²) in [7, 11) is 2.96. The molecule has 184 valence electrons. The van der Waals surface area contributed by atoms with E-state index in [9.17, 15) is 14.4 Å². The van der Waals surface area contributed by atoms with E-state index in [0.29, 0.717) is 28.3 Å². The molecule has 0 saturated carbocycles. The predicted molar refractivity (Wildman–Crippen MR) is 134 cm³/mol. The summed E-state index contributed by atoms with van der Waals surface area (Å²) >= 11 is 0. The fourth-order valence-corrected chi connectivity index (χ4v) is 4.34. The molecule has 36 heavy (non-hydrogen) atoms. The number of hydrogen-bond acceptors (Lipinski definition) is 7. The van der Waals surface area contributed by atoms with Gasteiger partial charge in [0.15, 0.2) is 0 Å². The number of oxime groups is 1. The molecule has 0 radical (unpaired) electrons. The summed E-state index contributed by atoms with van der Waals surface area (Å²) in [5.74, 6) is -2.02. The molecule has 1 saturated heterocycles. The molecule has 2 atom stereocenters. The molecule has 8 heteroatoms. The highest BCUT2D eigenvalue weighted by atomic mass is 16.6. The molecule has 0 bridgehead atoms. The minimum Gasteiger partial charge on any atom is -0.497 e. The maximum absolute atomic E-state index is 13.5. The first-order valence-corrected chi connectivity index (χ1v) is 11.4.